The largest absolute Gasteiger partial charge is 0.351 e. The third kappa shape index (κ3) is 9.01. The lowest BCUT2D eigenvalue weighted by molar-refractivity contribution is -0.121. The van der Waals surface area contributed by atoms with Crippen LogP contribution in [0.5, 0.6) is 0 Å². The first-order chi connectivity index (χ1) is 20.6. The van der Waals surface area contributed by atoms with Crippen LogP contribution in [0.25, 0.3) is 0 Å². The molecule has 4 aromatic rings. The van der Waals surface area contributed by atoms with Crippen molar-refractivity contribution in [3.63, 3.8) is 0 Å². The number of rotatable bonds is 11. The molecule has 1 atom stereocenters. The van der Waals surface area contributed by atoms with E-state index in [0.717, 1.165) is 16.8 Å². The minimum Gasteiger partial charge on any atom is -0.351 e. The number of thiocarbonyl (C=S) groups is 1. The van der Waals surface area contributed by atoms with Crippen molar-refractivity contribution < 1.29 is 9.18 Å². The van der Waals surface area contributed by atoms with E-state index in [1.54, 1.807) is 42.9 Å². The van der Waals surface area contributed by atoms with E-state index in [4.69, 9.17) is 40.7 Å². The first kappa shape index (κ1) is 32.0. The fourth-order valence-electron chi connectivity index (χ4n) is 4.47. The van der Waals surface area contributed by atoms with Gasteiger partial charge in [-0.2, -0.15) is 5.26 Å². The van der Waals surface area contributed by atoms with Crippen molar-refractivity contribution in [2.75, 3.05) is 11.9 Å². The van der Waals surface area contributed by atoms with Crippen LogP contribution in [-0.4, -0.2) is 38.1 Å². The lowest BCUT2D eigenvalue weighted by Crippen LogP contribution is -2.49. The summed E-state index contributed by atoms with van der Waals surface area (Å²) in [5.74, 6) is -0.491. The predicted molar refractivity (Wildman–Crippen MR) is 172 cm³/mol. The highest BCUT2D eigenvalue weighted by Crippen LogP contribution is 2.27. The molecule has 7 nitrogen and oxygen atoms in total. The molecular weight excluding hydrogens is 606 g/mol. The maximum atomic E-state index is 13.9. The lowest BCUT2D eigenvalue weighted by atomic mass is 10.0. The van der Waals surface area contributed by atoms with Crippen LogP contribution in [0.4, 0.5) is 10.1 Å². The number of nitrogens with one attached hydrogen (secondary N) is 2. The minimum absolute atomic E-state index is 0.0572. The molecule has 3 aromatic carbocycles. The zero-order valence-corrected chi connectivity index (χ0v) is 26.1. The van der Waals surface area contributed by atoms with Crippen molar-refractivity contribution in [3.8, 4) is 6.07 Å². The number of nitriles is 1. The maximum Gasteiger partial charge on any atom is 0.226 e. The van der Waals surface area contributed by atoms with Crippen LogP contribution in [0, 0.1) is 23.1 Å². The molecule has 0 saturated carbocycles. The van der Waals surface area contributed by atoms with Gasteiger partial charge in [-0.15, -0.1) is 0 Å². The van der Waals surface area contributed by atoms with Gasteiger partial charge in [0.25, 0.3) is 0 Å². The number of hydrogen-bond donors (Lipinski definition) is 2. The Bertz CT molecular complexity index is 1620. The molecule has 0 saturated heterocycles. The normalized spacial score (nSPS) is 11.6. The van der Waals surface area contributed by atoms with Crippen molar-refractivity contribution in [2.24, 2.45) is 5.92 Å². The average molecular weight is 638 g/mol. The van der Waals surface area contributed by atoms with Gasteiger partial charge in [-0.05, 0) is 65.7 Å². The summed E-state index contributed by atoms with van der Waals surface area (Å²) in [6, 6.07) is 20.6. The van der Waals surface area contributed by atoms with Gasteiger partial charge in [0.1, 0.15) is 5.82 Å². The molecule has 11 heteroatoms. The lowest BCUT2D eigenvalue weighted by Gasteiger charge is -2.32. The van der Waals surface area contributed by atoms with E-state index in [9.17, 15) is 9.18 Å². The van der Waals surface area contributed by atoms with Crippen molar-refractivity contribution in [1.29, 1.82) is 5.26 Å². The van der Waals surface area contributed by atoms with E-state index in [1.165, 1.54) is 12.1 Å². The molecule has 0 fully saturated rings. The first-order valence-corrected chi connectivity index (χ1v) is 14.8. The van der Waals surface area contributed by atoms with Gasteiger partial charge in [0.15, 0.2) is 5.11 Å². The van der Waals surface area contributed by atoms with Crippen LogP contribution < -0.4 is 10.6 Å². The van der Waals surface area contributed by atoms with Gasteiger partial charge in [0.2, 0.25) is 5.91 Å². The second-order valence-corrected chi connectivity index (χ2v) is 11.6. The van der Waals surface area contributed by atoms with Crippen LogP contribution in [0.3, 0.4) is 0 Å². The zero-order chi connectivity index (χ0) is 30.9. The minimum atomic E-state index is -0.386. The molecule has 0 unspecified atom stereocenters. The Morgan fingerprint density at radius 2 is 1.88 bits per heavy atom. The second kappa shape index (κ2) is 15.0. The average Bonchev–Trinajstić information content (AvgIpc) is 3.40. The highest BCUT2D eigenvalue weighted by molar-refractivity contribution is 7.80. The van der Waals surface area contributed by atoms with Crippen LogP contribution in [0.1, 0.15) is 36.2 Å². The number of imidazole rings is 1. The molecule has 0 aliphatic carbocycles. The number of nitrogens with zero attached hydrogens (tertiary/aromatic N) is 4. The zero-order valence-electron chi connectivity index (χ0n) is 23.7. The summed E-state index contributed by atoms with van der Waals surface area (Å²) in [6.07, 6.45) is 3.50. The molecule has 4 rings (SSSR count). The molecule has 0 bridgehead atoms. The van der Waals surface area contributed by atoms with Crippen molar-refractivity contribution in [2.45, 2.75) is 39.4 Å². The quantitative estimate of drug-likeness (QED) is 0.176. The summed E-state index contributed by atoms with van der Waals surface area (Å²) in [5, 5.41) is 16.5. The summed E-state index contributed by atoms with van der Waals surface area (Å²) >= 11 is 18.5. The molecule has 43 heavy (non-hydrogen) atoms. The van der Waals surface area contributed by atoms with E-state index >= 15 is 0 Å². The predicted octanol–water partition coefficient (Wildman–Crippen LogP) is 6.83. The Hall–Kier alpha value is -3.97. The summed E-state index contributed by atoms with van der Waals surface area (Å²) in [6.45, 7) is 5.24. The summed E-state index contributed by atoms with van der Waals surface area (Å²) in [4.78, 5) is 19.4. The summed E-state index contributed by atoms with van der Waals surface area (Å²) in [7, 11) is 0. The van der Waals surface area contributed by atoms with E-state index in [-0.39, 0.29) is 30.1 Å². The fourth-order valence-corrected chi connectivity index (χ4v) is 5.10. The maximum absolute atomic E-state index is 13.9. The number of benzene rings is 3. The Morgan fingerprint density at radius 1 is 1.14 bits per heavy atom. The van der Waals surface area contributed by atoms with Crippen LogP contribution in [0.2, 0.25) is 10.0 Å². The SMILES string of the molecule is CC(C)[C@@H](CN(Cc1cccc(Cl)c1Cl)C(=S)Nc1cccc(F)c1)NC(=O)Cc1cncn1Cc1ccc(C#N)cc1. The molecule has 222 valence electrons. The molecular formula is C32H31Cl2FN6OS. The highest BCUT2D eigenvalue weighted by atomic mass is 35.5. The summed E-state index contributed by atoms with van der Waals surface area (Å²) < 4.78 is 15.8. The third-order valence-electron chi connectivity index (χ3n) is 6.90. The number of carbonyl (C=O) groups is 1. The molecule has 0 aliphatic heterocycles. The van der Waals surface area contributed by atoms with Gasteiger partial charge in [-0.1, -0.05) is 67.4 Å². The van der Waals surface area contributed by atoms with E-state index < -0.39 is 0 Å². The number of hydrogen-bond acceptors (Lipinski definition) is 4. The van der Waals surface area contributed by atoms with Gasteiger partial charge in [-0.3, -0.25) is 4.79 Å². The van der Waals surface area contributed by atoms with E-state index in [2.05, 4.69) is 21.7 Å². The highest BCUT2D eigenvalue weighted by Gasteiger charge is 2.23. The monoisotopic (exact) mass is 636 g/mol. The molecule has 0 radical (unpaired) electrons. The van der Waals surface area contributed by atoms with E-state index in [1.807, 2.05) is 47.6 Å². The van der Waals surface area contributed by atoms with Gasteiger partial charge in [-0.25, -0.2) is 9.37 Å². The molecule has 2 N–H and O–H groups in total. The van der Waals surface area contributed by atoms with Crippen molar-refractivity contribution in [3.05, 3.63) is 118 Å². The standard InChI is InChI=1S/C32H31Cl2FN6OS/c1-21(2)29(39-30(42)14-27-16-37-20-41(27)17-23-11-9-22(15-36)10-12-23)19-40(18-24-5-3-8-28(33)31(24)34)32(43)38-26-7-4-6-25(35)13-26/h3-13,16,20-21,29H,14,17-19H2,1-2H3,(H,38,43)(H,39,42)/t29-/m1/s1. The molecule has 1 aromatic heterocycles. The Labute approximate surface area is 266 Å². The number of anilines is 1. The van der Waals surface area contributed by atoms with Crippen LogP contribution in [0.15, 0.2) is 79.3 Å². The van der Waals surface area contributed by atoms with Crippen LogP contribution >= 0.6 is 35.4 Å². The molecule has 1 amide bonds. The number of carbonyl (C=O) groups excluding carboxylic acids is 1. The van der Waals surface area contributed by atoms with Gasteiger partial charge >= 0.3 is 0 Å². The van der Waals surface area contributed by atoms with Crippen LogP contribution in [-0.2, 0) is 24.3 Å². The molecule has 0 aliphatic rings. The van der Waals surface area contributed by atoms with E-state index in [0.29, 0.717) is 46.0 Å². The molecule has 0 spiro atoms. The van der Waals surface area contributed by atoms with Gasteiger partial charge in [0, 0.05) is 43.3 Å². The number of halogens is 3. The topological polar surface area (TPSA) is 86.0 Å². The third-order valence-corrected chi connectivity index (χ3v) is 8.12. The Balaban J connectivity index is 1.48. The van der Waals surface area contributed by atoms with Gasteiger partial charge in [0.05, 0.1) is 34.4 Å². The Kier molecular flexibility index (Phi) is 11.1. The van der Waals surface area contributed by atoms with Crippen molar-refractivity contribution in [1.82, 2.24) is 19.8 Å². The summed E-state index contributed by atoms with van der Waals surface area (Å²) in [5.41, 5.74) is 3.61. The van der Waals surface area contributed by atoms with Gasteiger partial charge < -0.3 is 20.1 Å². The Morgan fingerprint density at radius 3 is 2.58 bits per heavy atom. The molecule has 1 heterocycles. The first-order valence-electron chi connectivity index (χ1n) is 13.6. The second-order valence-electron chi connectivity index (χ2n) is 10.5. The fraction of sp³-hybridized carbons (Fsp3) is 0.250. The van der Waals surface area contributed by atoms with Crippen molar-refractivity contribution >= 4 is 52.1 Å². The number of aromatic nitrogens is 2. The number of amides is 1. The smallest absolute Gasteiger partial charge is 0.226 e.